The molecule has 2 aliphatic rings. The number of hydrogen-bond acceptors (Lipinski definition) is 3. The van der Waals surface area contributed by atoms with Gasteiger partial charge in [0.15, 0.2) is 5.75 Å². The first-order chi connectivity index (χ1) is 18.5. The van der Waals surface area contributed by atoms with E-state index in [-0.39, 0.29) is 10.8 Å². The maximum absolute atomic E-state index is 6.87. The van der Waals surface area contributed by atoms with E-state index in [1.807, 2.05) is 42.5 Å². The van der Waals surface area contributed by atoms with Crippen molar-refractivity contribution in [2.45, 2.75) is 52.4 Å². The van der Waals surface area contributed by atoms with Crippen LogP contribution in [0.5, 0.6) is 11.5 Å². The Morgan fingerprint density at radius 1 is 0.615 bits per heavy atom. The smallest absolute Gasteiger partial charge is 0.176 e. The standard InChI is InChI=1S/C34H34N4O/c1-33(2,3)27-8-7-9-30(31(27)34(4,5)6)39-32-28-16-14-25(37-28)19-23-12-10-21(35-23)18-22-11-13-24(36-22)20-26-15-17-29(32)38-26/h7-20,35,38H,1-6H3. The second-order valence-corrected chi connectivity index (χ2v) is 12.3. The lowest BCUT2D eigenvalue weighted by Crippen LogP contribution is -2.22. The highest BCUT2D eigenvalue weighted by Gasteiger charge is 2.29. The fourth-order valence-corrected chi connectivity index (χ4v) is 5.21. The lowest BCUT2D eigenvalue weighted by Gasteiger charge is -2.31. The summed E-state index contributed by atoms with van der Waals surface area (Å²) in [6, 6.07) is 20.7. The number of aromatic amines is 2. The topological polar surface area (TPSA) is 66.6 Å². The summed E-state index contributed by atoms with van der Waals surface area (Å²) in [5, 5.41) is 0. The van der Waals surface area contributed by atoms with Crippen molar-refractivity contribution in [3.05, 3.63) is 94.6 Å². The predicted molar refractivity (Wildman–Crippen MR) is 163 cm³/mol. The molecule has 0 saturated heterocycles. The zero-order valence-corrected chi connectivity index (χ0v) is 23.4. The molecule has 0 aliphatic carbocycles. The van der Waals surface area contributed by atoms with Gasteiger partial charge in [-0.3, -0.25) is 0 Å². The summed E-state index contributed by atoms with van der Waals surface area (Å²) in [5.74, 6) is 1.54. The van der Waals surface area contributed by atoms with Gasteiger partial charge >= 0.3 is 0 Å². The molecular formula is C34H34N4O. The van der Waals surface area contributed by atoms with Crippen LogP contribution in [0.4, 0.5) is 0 Å². The fourth-order valence-electron chi connectivity index (χ4n) is 5.21. The predicted octanol–water partition coefficient (Wildman–Crippen LogP) is 9.04. The SMILES string of the molecule is CC(C)(C)c1cccc(Oc2c3nc(cc4ccc(cc5nc(cc6ccc2[nH]6)C=C5)[nH]4)C=C3)c1C(C)(C)C. The van der Waals surface area contributed by atoms with Crippen LogP contribution in [-0.4, -0.2) is 19.9 Å². The zero-order valence-electron chi connectivity index (χ0n) is 23.4. The van der Waals surface area contributed by atoms with Gasteiger partial charge in [-0.05, 0) is 89.2 Å². The molecule has 6 rings (SSSR count). The summed E-state index contributed by atoms with van der Waals surface area (Å²) in [6.45, 7) is 13.5. The molecule has 0 radical (unpaired) electrons. The lowest BCUT2D eigenvalue weighted by molar-refractivity contribution is 0.445. The van der Waals surface area contributed by atoms with Crippen molar-refractivity contribution >= 4 is 46.4 Å². The molecule has 5 heteroatoms. The van der Waals surface area contributed by atoms with E-state index in [4.69, 9.17) is 14.7 Å². The molecule has 2 aliphatic heterocycles. The minimum atomic E-state index is -0.116. The number of fused-ring (bicyclic) bond motifs is 8. The number of aromatic nitrogens is 4. The molecule has 0 spiro atoms. The van der Waals surface area contributed by atoms with Crippen molar-refractivity contribution in [1.29, 1.82) is 0 Å². The molecule has 0 unspecified atom stereocenters. The molecular weight excluding hydrogens is 480 g/mol. The van der Waals surface area contributed by atoms with Crippen LogP contribution in [-0.2, 0) is 10.8 Å². The summed E-state index contributed by atoms with van der Waals surface area (Å²) >= 11 is 0. The third-order valence-electron chi connectivity index (χ3n) is 6.97. The van der Waals surface area contributed by atoms with E-state index in [9.17, 15) is 0 Å². The summed E-state index contributed by atoms with van der Waals surface area (Å²) < 4.78 is 6.87. The minimum absolute atomic E-state index is 0.0277. The Balaban J connectivity index is 1.62. The van der Waals surface area contributed by atoms with Crippen LogP contribution in [0.15, 0.2) is 60.7 Å². The first-order valence-electron chi connectivity index (χ1n) is 13.4. The third kappa shape index (κ3) is 5.05. The molecule has 196 valence electrons. The van der Waals surface area contributed by atoms with Gasteiger partial charge < -0.3 is 14.7 Å². The highest BCUT2D eigenvalue weighted by atomic mass is 16.5. The van der Waals surface area contributed by atoms with Crippen LogP contribution in [0.2, 0.25) is 0 Å². The zero-order chi connectivity index (χ0) is 27.4. The molecule has 1 aromatic carbocycles. The Hall–Kier alpha value is -4.38. The Morgan fingerprint density at radius 2 is 1.21 bits per heavy atom. The van der Waals surface area contributed by atoms with Crippen molar-refractivity contribution in [1.82, 2.24) is 19.9 Å². The van der Waals surface area contributed by atoms with Gasteiger partial charge in [0.05, 0.1) is 22.6 Å². The molecule has 0 fully saturated rings. The first kappa shape index (κ1) is 24.9. The fraction of sp³-hybridized carbons (Fsp3) is 0.235. The van der Waals surface area contributed by atoms with Gasteiger partial charge in [-0.15, -0.1) is 0 Å². The van der Waals surface area contributed by atoms with Gasteiger partial charge in [0.2, 0.25) is 0 Å². The van der Waals surface area contributed by atoms with E-state index in [1.165, 1.54) is 11.1 Å². The molecule has 0 saturated carbocycles. The van der Waals surface area contributed by atoms with Gasteiger partial charge in [-0.25, -0.2) is 9.97 Å². The number of H-pyrrole nitrogens is 2. The van der Waals surface area contributed by atoms with Crippen molar-refractivity contribution < 1.29 is 4.74 Å². The normalized spacial score (nSPS) is 13.2. The Morgan fingerprint density at radius 3 is 1.85 bits per heavy atom. The van der Waals surface area contributed by atoms with Crippen LogP contribution in [0.1, 0.15) is 75.4 Å². The van der Waals surface area contributed by atoms with E-state index >= 15 is 0 Å². The Kier molecular flexibility index (Phi) is 5.83. The second-order valence-electron chi connectivity index (χ2n) is 12.3. The molecule has 39 heavy (non-hydrogen) atoms. The van der Waals surface area contributed by atoms with Crippen LogP contribution in [0.25, 0.3) is 46.4 Å². The van der Waals surface area contributed by atoms with Crippen molar-refractivity contribution in [2.75, 3.05) is 0 Å². The number of rotatable bonds is 2. The highest BCUT2D eigenvalue weighted by molar-refractivity contribution is 5.81. The maximum atomic E-state index is 6.87. The largest absolute Gasteiger partial charge is 0.453 e. The lowest BCUT2D eigenvalue weighted by atomic mass is 9.75. The second kappa shape index (κ2) is 9.12. The monoisotopic (exact) mass is 514 g/mol. The Labute approximate surface area is 229 Å². The minimum Gasteiger partial charge on any atom is -0.453 e. The van der Waals surface area contributed by atoms with Crippen LogP contribution >= 0.6 is 0 Å². The third-order valence-corrected chi connectivity index (χ3v) is 6.97. The summed E-state index contributed by atoms with van der Waals surface area (Å²) in [6.07, 6.45) is 8.10. The van der Waals surface area contributed by atoms with E-state index in [1.54, 1.807) is 0 Å². The van der Waals surface area contributed by atoms with Gasteiger partial charge in [-0.2, -0.15) is 0 Å². The van der Waals surface area contributed by atoms with Crippen molar-refractivity contribution in [3.8, 4) is 11.5 Å². The van der Waals surface area contributed by atoms with E-state index in [2.05, 4.69) is 94.0 Å². The first-order valence-corrected chi connectivity index (χ1v) is 13.4. The maximum Gasteiger partial charge on any atom is 0.176 e. The summed E-state index contributed by atoms with van der Waals surface area (Å²) in [4.78, 5) is 16.7. The number of benzene rings is 1. The summed E-state index contributed by atoms with van der Waals surface area (Å²) in [7, 11) is 0. The summed E-state index contributed by atoms with van der Waals surface area (Å²) in [5.41, 5.74) is 9.56. The van der Waals surface area contributed by atoms with Crippen molar-refractivity contribution in [2.24, 2.45) is 0 Å². The molecule has 0 amide bonds. The number of hydrogen-bond donors (Lipinski definition) is 2. The van der Waals surface area contributed by atoms with Gasteiger partial charge in [0.1, 0.15) is 11.4 Å². The van der Waals surface area contributed by atoms with Crippen LogP contribution in [0.3, 0.4) is 0 Å². The van der Waals surface area contributed by atoms with Crippen LogP contribution < -0.4 is 4.74 Å². The molecule has 5 heterocycles. The van der Waals surface area contributed by atoms with E-state index in [0.717, 1.165) is 50.6 Å². The van der Waals surface area contributed by atoms with E-state index in [0.29, 0.717) is 5.75 Å². The van der Waals surface area contributed by atoms with Gasteiger partial charge in [0, 0.05) is 22.1 Å². The quantitative estimate of drug-likeness (QED) is 0.242. The average Bonchev–Trinajstić information content (AvgIpc) is 3.66. The molecule has 5 nitrogen and oxygen atoms in total. The molecule has 3 aromatic heterocycles. The molecule has 0 atom stereocenters. The van der Waals surface area contributed by atoms with E-state index < -0.39 is 0 Å². The van der Waals surface area contributed by atoms with Crippen LogP contribution in [0, 0.1) is 0 Å². The molecule has 4 aromatic rings. The molecule has 2 N–H and O–H groups in total. The molecule has 8 bridgehead atoms. The number of nitrogens with one attached hydrogen (secondary N) is 2. The van der Waals surface area contributed by atoms with Gasteiger partial charge in [-0.1, -0.05) is 53.7 Å². The number of ether oxygens (including phenoxy) is 1. The van der Waals surface area contributed by atoms with Crippen molar-refractivity contribution in [3.63, 3.8) is 0 Å². The Bertz CT molecular complexity index is 1800. The number of nitrogens with zero attached hydrogens (tertiary/aromatic N) is 2. The van der Waals surface area contributed by atoms with Gasteiger partial charge in [0.25, 0.3) is 0 Å². The average molecular weight is 515 g/mol. The highest BCUT2D eigenvalue weighted by Crippen LogP contribution is 2.42.